The summed E-state index contributed by atoms with van der Waals surface area (Å²) in [5.74, 6) is 1.50. The van der Waals surface area contributed by atoms with Crippen LogP contribution >= 0.6 is 0 Å². The molecule has 0 aliphatic carbocycles. The number of hydrogen-bond acceptors (Lipinski definition) is 7. The lowest BCUT2D eigenvalue weighted by atomic mass is 9.88. The molecule has 0 saturated carbocycles. The number of rotatable bonds is 7. The van der Waals surface area contributed by atoms with Crippen molar-refractivity contribution in [3.8, 4) is 0 Å². The van der Waals surface area contributed by atoms with Gasteiger partial charge in [0.1, 0.15) is 18.6 Å². The third kappa shape index (κ3) is 5.87. The van der Waals surface area contributed by atoms with Gasteiger partial charge in [-0.3, -0.25) is 14.7 Å². The fourth-order valence-corrected chi connectivity index (χ4v) is 4.94. The summed E-state index contributed by atoms with van der Waals surface area (Å²) in [7, 11) is 3.45. The van der Waals surface area contributed by atoms with Crippen LogP contribution in [0.15, 0.2) is 47.9 Å². The van der Waals surface area contributed by atoms with Gasteiger partial charge in [0.25, 0.3) is 0 Å². The average molecular weight is 451 g/mol. The van der Waals surface area contributed by atoms with Gasteiger partial charge in [-0.1, -0.05) is 11.2 Å². The highest BCUT2D eigenvalue weighted by atomic mass is 16.6. The van der Waals surface area contributed by atoms with Crippen molar-refractivity contribution >= 4 is 17.4 Å². The highest BCUT2D eigenvalue weighted by Crippen LogP contribution is 2.26. The molecule has 0 aromatic carbocycles. The van der Waals surface area contributed by atoms with Crippen LogP contribution in [0.25, 0.3) is 0 Å². The highest BCUT2D eigenvalue weighted by Gasteiger charge is 2.33. The van der Waals surface area contributed by atoms with E-state index in [-0.39, 0.29) is 11.8 Å². The van der Waals surface area contributed by atoms with E-state index < -0.39 is 0 Å². The van der Waals surface area contributed by atoms with Crippen LogP contribution in [0.3, 0.4) is 0 Å². The van der Waals surface area contributed by atoms with Crippen molar-refractivity contribution in [2.75, 3.05) is 45.7 Å². The molecule has 4 heterocycles. The first-order valence-corrected chi connectivity index (χ1v) is 11.8. The molecule has 1 amide bonds. The Kier molecular flexibility index (Phi) is 7.88. The highest BCUT2D eigenvalue weighted by molar-refractivity contribution is 6.00. The predicted octanol–water partition coefficient (Wildman–Crippen LogP) is 3.02. The summed E-state index contributed by atoms with van der Waals surface area (Å²) in [4.78, 5) is 31.6. The number of piperidine rings is 2. The Morgan fingerprint density at radius 3 is 2.70 bits per heavy atom. The lowest BCUT2D eigenvalue weighted by Gasteiger charge is -2.38. The van der Waals surface area contributed by atoms with Gasteiger partial charge >= 0.3 is 0 Å². The minimum atomic E-state index is 0.0730. The topological polar surface area (TPSA) is 83.0 Å². The molecule has 2 aromatic rings. The maximum absolute atomic E-state index is 13.3. The van der Waals surface area contributed by atoms with E-state index in [0.29, 0.717) is 5.91 Å². The Morgan fingerprint density at radius 1 is 1.12 bits per heavy atom. The third-order valence-electron chi connectivity index (χ3n) is 6.65. The van der Waals surface area contributed by atoms with E-state index in [1.165, 1.54) is 5.56 Å². The fourth-order valence-electron chi connectivity index (χ4n) is 4.94. The summed E-state index contributed by atoms with van der Waals surface area (Å²) < 4.78 is 0. The number of amides is 1. The summed E-state index contributed by atoms with van der Waals surface area (Å²) in [5, 5.41) is 7.37. The van der Waals surface area contributed by atoms with Crippen LogP contribution in [0.1, 0.15) is 36.9 Å². The molecule has 33 heavy (non-hydrogen) atoms. The van der Waals surface area contributed by atoms with Crippen molar-refractivity contribution in [3.63, 3.8) is 0 Å². The van der Waals surface area contributed by atoms with Crippen molar-refractivity contribution in [3.05, 3.63) is 54.0 Å². The molecule has 0 radical (unpaired) electrons. The minimum absolute atomic E-state index is 0.0730. The zero-order chi connectivity index (χ0) is 23.0. The van der Waals surface area contributed by atoms with Crippen molar-refractivity contribution in [2.45, 2.75) is 32.2 Å². The van der Waals surface area contributed by atoms with Crippen LogP contribution < -0.4 is 5.32 Å². The average Bonchev–Trinajstić information content (AvgIpc) is 2.88. The van der Waals surface area contributed by atoms with E-state index in [2.05, 4.69) is 42.4 Å². The molecular formula is C25H34N6O2. The summed E-state index contributed by atoms with van der Waals surface area (Å²) in [6.45, 7) is 4.21. The first-order valence-electron chi connectivity index (χ1n) is 11.8. The third-order valence-corrected chi connectivity index (χ3v) is 6.65. The molecule has 1 unspecified atom stereocenters. The van der Waals surface area contributed by atoms with Crippen LogP contribution in [0, 0.1) is 11.8 Å². The lowest BCUT2D eigenvalue weighted by molar-refractivity contribution is -0.138. The summed E-state index contributed by atoms with van der Waals surface area (Å²) >= 11 is 0. The smallest absolute Gasteiger partial charge is 0.226 e. The maximum Gasteiger partial charge on any atom is 0.226 e. The number of oxime groups is 1. The van der Waals surface area contributed by atoms with Gasteiger partial charge in [0.05, 0.1) is 11.6 Å². The van der Waals surface area contributed by atoms with E-state index in [1.807, 2.05) is 31.4 Å². The van der Waals surface area contributed by atoms with Crippen LogP contribution in [0.5, 0.6) is 0 Å². The molecule has 8 heteroatoms. The van der Waals surface area contributed by atoms with E-state index in [1.54, 1.807) is 13.3 Å². The Labute approximate surface area is 196 Å². The van der Waals surface area contributed by atoms with E-state index in [0.717, 1.165) is 75.6 Å². The molecule has 2 aliphatic rings. The summed E-state index contributed by atoms with van der Waals surface area (Å²) in [5.41, 5.74) is 2.96. The van der Waals surface area contributed by atoms with Crippen molar-refractivity contribution < 1.29 is 9.63 Å². The lowest BCUT2D eigenvalue weighted by Crippen LogP contribution is -2.47. The number of carbonyl (C=O) groups excluding carboxylic acids is 1. The number of anilines is 1. The number of likely N-dealkylation sites (tertiary alicyclic amines) is 2. The predicted molar refractivity (Wildman–Crippen MR) is 129 cm³/mol. The molecular weight excluding hydrogens is 416 g/mol. The number of nitrogens with one attached hydrogen (secondary N) is 1. The molecule has 2 aromatic heterocycles. The first-order chi connectivity index (χ1) is 16.2. The van der Waals surface area contributed by atoms with Gasteiger partial charge in [0.15, 0.2) is 0 Å². The number of carbonyl (C=O) groups is 1. The van der Waals surface area contributed by atoms with Gasteiger partial charge in [0, 0.05) is 51.5 Å². The molecule has 1 N–H and O–H groups in total. The molecule has 0 bridgehead atoms. The molecule has 2 fully saturated rings. The normalized spacial score (nSPS) is 20.5. The van der Waals surface area contributed by atoms with Crippen LogP contribution in [0.4, 0.5) is 5.82 Å². The molecule has 2 aliphatic heterocycles. The van der Waals surface area contributed by atoms with Gasteiger partial charge < -0.3 is 15.1 Å². The minimum Gasteiger partial charge on any atom is -0.399 e. The van der Waals surface area contributed by atoms with Gasteiger partial charge in [-0.25, -0.2) is 4.98 Å². The van der Waals surface area contributed by atoms with E-state index in [4.69, 9.17) is 4.84 Å². The van der Waals surface area contributed by atoms with Crippen LogP contribution in [-0.4, -0.2) is 71.7 Å². The number of nitrogens with zero attached hydrogens (tertiary/aromatic N) is 5. The van der Waals surface area contributed by atoms with Gasteiger partial charge in [-0.05, 0) is 62.1 Å². The Morgan fingerprint density at radius 2 is 1.97 bits per heavy atom. The second-order valence-corrected chi connectivity index (χ2v) is 8.85. The van der Waals surface area contributed by atoms with Gasteiger partial charge in [-0.2, -0.15) is 0 Å². The molecule has 0 spiro atoms. The zero-order valence-corrected chi connectivity index (χ0v) is 19.6. The summed E-state index contributed by atoms with van der Waals surface area (Å²) in [6.07, 6.45) is 7.40. The molecule has 4 rings (SSSR count). The number of hydrogen-bond donors (Lipinski definition) is 1. The van der Waals surface area contributed by atoms with Gasteiger partial charge in [0.2, 0.25) is 5.91 Å². The Bertz CT molecular complexity index is 943. The van der Waals surface area contributed by atoms with Crippen LogP contribution in [0.2, 0.25) is 0 Å². The monoisotopic (exact) mass is 450 g/mol. The number of pyridine rings is 2. The molecule has 176 valence electrons. The fraction of sp³-hybridized carbons (Fsp3) is 0.520. The summed E-state index contributed by atoms with van der Waals surface area (Å²) in [6, 6.07) is 9.96. The van der Waals surface area contributed by atoms with E-state index >= 15 is 0 Å². The molecule has 1 atom stereocenters. The zero-order valence-electron chi connectivity index (χ0n) is 19.6. The van der Waals surface area contributed by atoms with Crippen molar-refractivity contribution in [1.29, 1.82) is 0 Å². The second kappa shape index (κ2) is 11.2. The van der Waals surface area contributed by atoms with Crippen molar-refractivity contribution in [2.24, 2.45) is 17.0 Å². The first kappa shape index (κ1) is 23.2. The Balaban J connectivity index is 1.33. The van der Waals surface area contributed by atoms with Crippen LogP contribution in [-0.2, 0) is 16.2 Å². The largest absolute Gasteiger partial charge is 0.399 e. The maximum atomic E-state index is 13.3. The van der Waals surface area contributed by atoms with Gasteiger partial charge in [-0.15, -0.1) is 0 Å². The SMILES string of the molecule is CNc1cc(CN2CCCC(C(=O)N3CCC(/C(=N/OC)c4ccccn4)CC3)C2)ccn1. The Hall–Kier alpha value is -3.00. The quantitative estimate of drug-likeness (QED) is 0.516. The van der Waals surface area contributed by atoms with E-state index in [9.17, 15) is 4.79 Å². The number of aromatic nitrogens is 2. The molecule has 8 nitrogen and oxygen atoms in total. The second-order valence-electron chi connectivity index (χ2n) is 8.85. The standard InChI is InChI=1S/C25H34N6O2/c1-26-23-16-19(8-12-28-23)17-30-13-5-6-21(18-30)25(32)31-14-9-20(10-15-31)24(29-33-2)22-7-3-4-11-27-22/h3-4,7-8,11-12,16,20-21H,5-6,9-10,13-15,17-18H2,1-2H3,(H,26,28)/b29-24-. The van der Waals surface area contributed by atoms with Crippen molar-refractivity contribution in [1.82, 2.24) is 19.8 Å². The molecule has 2 saturated heterocycles.